The summed E-state index contributed by atoms with van der Waals surface area (Å²) < 4.78 is 5.62. The van der Waals surface area contributed by atoms with Gasteiger partial charge >= 0.3 is 0 Å². The maximum atomic E-state index is 11.5. The van der Waals surface area contributed by atoms with Crippen LogP contribution in [0.25, 0.3) is 22.6 Å². The second-order valence-electron chi connectivity index (χ2n) is 4.47. The van der Waals surface area contributed by atoms with E-state index in [1.165, 1.54) is 12.1 Å². The Bertz CT molecular complexity index is 792. The molecule has 1 aromatic carbocycles. The molecular weight excluding hydrogens is 244 g/mol. The molecule has 0 bridgehead atoms. The quantitative estimate of drug-likeness (QED) is 0.513. The Morgan fingerprint density at radius 1 is 1.32 bits per heavy atom. The van der Waals surface area contributed by atoms with Crippen LogP contribution in [-0.4, -0.2) is 10.1 Å². The summed E-state index contributed by atoms with van der Waals surface area (Å²) in [5, 5.41) is 9.56. The summed E-state index contributed by atoms with van der Waals surface area (Å²) in [5.74, 6) is 0.400. The molecule has 2 aliphatic rings. The molecule has 0 aromatic heterocycles. The zero-order chi connectivity index (χ0) is 13.6. The number of nitrogen functional groups attached to an aromatic ring is 1. The van der Waals surface area contributed by atoms with E-state index in [0.29, 0.717) is 22.6 Å². The summed E-state index contributed by atoms with van der Waals surface area (Å²) in [6.07, 6.45) is -0.573. The van der Waals surface area contributed by atoms with Crippen LogP contribution in [0.15, 0.2) is 39.5 Å². The first kappa shape index (κ1) is 11.7. The first-order valence-corrected chi connectivity index (χ1v) is 5.87. The molecule has 5 nitrogen and oxygen atoms in total. The fraction of sp³-hybridized carbons (Fsp3) is 0.143. The van der Waals surface area contributed by atoms with Crippen LogP contribution in [0.3, 0.4) is 0 Å². The number of hydrogen-bond acceptors (Lipinski definition) is 5. The Kier molecular flexibility index (Phi) is 2.50. The van der Waals surface area contributed by atoms with Crippen molar-refractivity contribution in [2.24, 2.45) is 0 Å². The molecule has 1 aliphatic heterocycles. The van der Waals surface area contributed by atoms with Crippen molar-refractivity contribution in [3.63, 3.8) is 0 Å². The molecule has 96 valence electrons. The van der Waals surface area contributed by atoms with Gasteiger partial charge in [0.05, 0.1) is 11.8 Å². The summed E-state index contributed by atoms with van der Waals surface area (Å²) in [6.45, 7) is 1.68. The van der Waals surface area contributed by atoms with Crippen LogP contribution in [-0.2, 0) is 0 Å². The Hall–Kier alpha value is -2.40. The lowest BCUT2D eigenvalue weighted by Crippen LogP contribution is -2.08. The van der Waals surface area contributed by atoms with Crippen molar-refractivity contribution in [2.75, 3.05) is 5.73 Å². The monoisotopic (exact) mass is 256 g/mol. The minimum Gasteiger partial charge on any atom is -0.453 e. The van der Waals surface area contributed by atoms with Gasteiger partial charge in [-0.25, -0.2) is 4.98 Å². The van der Waals surface area contributed by atoms with Gasteiger partial charge in [0.2, 0.25) is 5.43 Å². The van der Waals surface area contributed by atoms with Crippen molar-refractivity contribution in [3.8, 4) is 11.5 Å². The second-order valence-corrected chi connectivity index (χ2v) is 4.47. The SMILES string of the molecule is CC(O)c1ccc2oc3cc(=O)c(N)cc-3nc2c1. The zero-order valence-electron chi connectivity index (χ0n) is 10.3. The Morgan fingerprint density at radius 2 is 2.11 bits per heavy atom. The highest BCUT2D eigenvalue weighted by Crippen LogP contribution is 2.26. The lowest BCUT2D eigenvalue weighted by molar-refractivity contribution is 0.199. The van der Waals surface area contributed by atoms with Gasteiger partial charge in [0, 0.05) is 6.07 Å². The fourth-order valence-corrected chi connectivity index (χ4v) is 1.95. The van der Waals surface area contributed by atoms with Crippen LogP contribution in [0.5, 0.6) is 0 Å². The second kappa shape index (κ2) is 4.07. The van der Waals surface area contributed by atoms with Gasteiger partial charge in [-0.2, -0.15) is 0 Å². The highest BCUT2D eigenvalue weighted by atomic mass is 16.3. The summed E-state index contributed by atoms with van der Waals surface area (Å²) in [7, 11) is 0. The number of aliphatic hydroxyl groups excluding tert-OH is 1. The Balaban J connectivity index is 2.33. The fourth-order valence-electron chi connectivity index (χ4n) is 1.95. The van der Waals surface area contributed by atoms with Gasteiger partial charge in [-0.1, -0.05) is 6.07 Å². The molecule has 1 atom stereocenters. The minimum absolute atomic E-state index is 0.140. The number of anilines is 1. The molecule has 0 spiro atoms. The predicted octanol–water partition coefficient (Wildman–Crippen LogP) is 1.93. The molecule has 0 saturated heterocycles. The molecule has 1 aliphatic carbocycles. The number of fused-ring (bicyclic) bond motifs is 2. The third-order valence-corrected chi connectivity index (χ3v) is 3.02. The molecule has 5 heteroatoms. The lowest BCUT2D eigenvalue weighted by Gasteiger charge is -2.09. The maximum Gasteiger partial charge on any atom is 0.205 e. The van der Waals surface area contributed by atoms with Crippen molar-refractivity contribution in [1.29, 1.82) is 0 Å². The van der Waals surface area contributed by atoms with Gasteiger partial charge in [-0.05, 0) is 30.7 Å². The number of hydrogen-bond donors (Lipinski definition) is 2. The van der Waals surface area contributed by atoms with Crippen LogP contribution >= 0.6 is 0 Å². The molecule has 0 radical (unpaired) electrons. The molecule has 1 unspecified atom stereocenters. The van der Waals surface area contributed by atoms with Crippen LogP contribution in [0.2, 0.25) is 0 Å². The van der Waals surface area contributed by atoms with Crippen LogP contribution in [0.4, 0.5) is 5.69 Å². The molecule has 1 aromatic rings. The first-order valence-electron chi connectivity index (χ1n) is 5.87. The first-order chi connectivity index (χ1) is 9.04. The van der Waals surface area contributed by atoms with Gasteiger partial charge in [0.1, 0.15) is 11.2 Å². The molecule has 1 heterocycles. The molecule has 19 heavy (non-hydrogen) atoms. The van der Waals surface area contributed by atoms with Gasteiger partial charge < -0.3 is 15.3 Å². The number of nitrogens with two attached hydrogens (primary N) is 1. The normalized spacial score (nSPS) is 12.9. The van der Waals surface area contributed by atoms with Crippen molar-refractivity contribution in [2.45, 2.75) is 13.0 Å². The van der Waals surface area contributed by atoms with Crippen molar-refractivity contribution in [1.82, 2.24) is 4.98 Å². The van der Waals surface area contributed by atoms with Crippen molar-refractivity contribution in [3.05, 3.63) is 46.1 Å². The van der Waals surface area contributed by atoms with E-state index in [2.05, 4.69) is 4.98 Å². The number of nitrogens with zero attached hydrogens (tertiary/aromatic N) is 1. The number of benzene rings is 2. The van der Waals surface area contributed by atoms with E-state index in [-0.39, 0.29) is 11.1 Å². The van der Waals surface area contributed by atoms with Gasteiger partial charge in [-0.15, -0.1) is 0 Å². The number of rotatable bonds is 1. The van der Waals surface area contributed by atoms with Crippen LogP contribution in [0, 0.1) is 0 Å². The average Bonchev–Trinajstić information content (AvgIpc) is 2.37. The molecule has 0 saturated carbocycles. The average molecular weight is 256 g/mol. The standard InChI is InChI=1S/C14H12N2O3/c1-7(17)8-2-3-13-10(4-8)16-11-5-9(15)12(18)6-14(11)19-13/h2-7,17H,15H2,1H3. The third kappa shape index (κ3) is 1.94. The molecule has 3 N–H and O–H groups in total. The highest BCUT2D eigenvalue weighted by molar-refractivity contribution is 5.77. The van der Waals surface area contributed by atoms with Gasteiger partial charge in [0.15, 0.2) is 11.3 Å². The predicted molar refractivity (Wildman–Crippen MR) is 71.9 cm³/mol. The van der Waals surface area contributed by atoms with Crippen molar-refractivity contribution >= 4 is 16.8 Å². The van der Waals surface area contributed by atoms with Gasteiger partial charge in [0.25, 0.3) is 0 Å². The van der Waals surface area contributed by atoms with E-state index in [1.54, 1.807) is 25.1 Å². The summed E-state index contributed by atoms with van der Waals surface area (Å²) in [4.78, 5) is 15.9. The summed E-state index contributed by atoms with van der Waals surface area (Å²) in [6, 6.07) is 8.07. The Morgan fingerprint density at radius 3 is 2.84 bits per heavy atom. The zero-order valence-corrected chi connectivity index (χ0v) is 10.3. The molecular formula is C14H12N2O3. The Labute approximate surface area is 108 Å². The summed E-state index contributed by atoms with van der Waals surface area (Å²) in [5.41, 5.74) is 7.88. The number of aromatic nitrogens is 1. The molecule has 3 rings (SSSR count). The van der Waals surface area contributed by atoms with Gasteiger partial charge in [-0.3, -0.25) is 4.79 Å². The minimum atomic E-state index is -0.573. The summed E-state index contributed by atoms with van der Waals surface area (Å²) >= 11 is 0. The van der Waals surface area contributed by atoms with E-state index in [1.807, 2.05) is 0 Å². The molecule has 0 amide bonds. The van der Waals surface area contributed by atoms with Crippen LogP contribution in [0.1, 0.15) is 18.6 Å². The van der Waals surface area contributed by atoms with E-state index < -0.39 is 6.10 Å². The van der Waals surface area contributed by atoms with E-state index in [0.717, 1.165) is 5.56 Å². The van der Waals surface area contributed by atoms with E-state index in [9.17, 15) is 9.90 Å². The van der Waals surface area contributed by atoms with E-state index in [4.69, 9.17) is 10.2 Å². The highest BCUT2D eigenvalue weighted by Gasteiger charge is 2.12. The largest absolute Gasteiger partial charge is 0.453 e. The van der Waals surface area contributed by atoms with E-state index >= 15 is 0 Å². The number of aliphatic hydroxyl groups is 1. The van der Waals surface area contributed by atoms with Crippen molar-refractivity contribution < 1.29 is 9.52 Å². The lowest BCUT2D eigenvalue weighted by atomic mass is 10.1. The topological polar surface area (TPSA) is 89.4 Å². The van der Waals surface area contributed by atoms with Crippen LogP contribution < -0.4 is 11.2 Å². The maximum absolute atomic E-state index is 11.5. The molecule has 0 fully saturated rings. The smallest absolute Gasteiger partial charge is 0.205 e. The third-order valence-electron chi connectivity index (χ3n) is 3.02.